The van der Waals surface area contributed by atoms with Crippen molar-refractivity contribution < 1.29 is 14.3 Å². The van der Waals surface area contributed by atoms with E-state index < -0.39 is 0 Å². The second kappa shape index (κ2) is 4.01. The fourth-order valence-electron chi connectivity index (χ4n) is 2.67. The van der Waals surface area contributed by atoms with Gasteiger partial charge in [-0.1, -0.05) is 6.92 Å². The first kappa shape index (κ1) is 13.0. The summed E-state index contributed by atoms with van der Waals surface area (Å²) in [5.41, 5.74) is 0.538. The fraction of sp³-hybridized carbons (Fsp3) is 0.438. The van der Waals surface area contributed by atoms with E-state index in [9.17, 15) is 9.90 Å². The molecule has 0 amide bonds. The van der Waals surface area contributed by atoms with Gasteiger partial charge in [0.25, 0.3) is 0 Å². The summed E-state index contributed by atoms with van der Waals surface area (Å²) in [7, 11) is 0. The summed E-state index contributed by atoms with van der Waals surface area (Å²) in [5, 5.41) is 10.7. The van der Waals surface area contributed by atoms with Gasteiger partial charge in [-0.25, -0.2) is 0 Å². The smallest absolute Gasteiger partial charge is 0.196 e. The second-order valence-corrected chi connectivity index (χ2v) is 6.11. The summed E-state index contributed by atoms with van der Waals surface area (Å²) in [6.45, 7) is 7.83. The van der Waals surface area contributed by atoms with Crippen LogP contribution in [0, 0.1) is 12.8 Å². The highest BCUT2D eigenvalue weighted by molar-refractivity contribution is 5.87. The summed E-state index contributed by atoms with van der Waals surface area (Å²) < 4.78 is 11.5. The minimum absolute atomic E-state index is 0.00593. The zero-order valence-electron chi connectivity index (χ0n) is 12.1. The Morgan fingerprint density at radius 2 is 2.05 bits per heavy atom. The molecule has 0 fully saturated rings. The average molecular weight is 274 g/mol. The van der Waals surface area contributed by atoms with Crippen molar-refractivity contribution in [2.75, 3.05) is 0 Å². The van der Waals surface area contributed by atoms with Crippen LogP contribution in [-0.2, 0) is 6.42 Å². The molecule has 1 aliphatic heterocycles. The third-order valence-corrected chi connectivity index (χ3v) is 4.25. The molecule has 0 radical (unpaired) electrons. The van der Waals surface area contributed by atoms with E-state index in [4.69, 9.17) is 9.15 Å². The monoisotopic (exact) mass is 274 g/mol. The number of phenols is 1. The number of phenolic OH excluding ortho intramolecular Hbond substituents is 1. The number of rotatable bonds is 0. The van der Waals surface area contributed by atoms with Gasteiger partial charge in [0.05, 0.1) is 0 Å². The Kier molecular flexibility index (Phi) is 2.61. The van der Waals surface area contributed by atoms with E-state index in [-0.39, 0.29) is 28.1 Å². The van der Waals surface area contributed by atoms with Crippen molar-refractivity contribution in [2.24, 2.45) is 5.92 Å². The van der Waals surface area contributed by atoms with E-state index in [1.807, 2.05) is 13.8 Å². The Hall–Kier alpha value is -1.97. The molecule has 4 heteroatoms. The largest absolute Gasteiger partial charge is 0.507 e. The Morgan fingerprint density at radius 1 is 1.35 bits per heavy atom. The van der Waals surface area contributed by atoms with Crippen LogP contribution in [0.25, 0.3) is 11.0 Å². The zero-order valence-corrected chi connectivity index (χ0v) is 12.1. The highest BCUT2D eigenvalue weighted by Gasteiger charge is 2.36. The van der Waals surface area contributed by atoms with Crippen molar-refractivity contribution in [3.8, 4) is 11.5 Å². The molecule has 0 unspecified atom stereocenters. The molecule has 0 bridgehead atoms. The molecule has 0 saturated carbocycles. The predicted molar refractivity (Wildman–Crippen MR) is 76.5 cm³/mol. The first-order valence-corrected chi connectivity index (χ1v) is 6.78. The van der Waals surface area contributed by atoms with Gasteiger partial charge in [-0.3, -0.25) is 4.79 Å². The number of benzene rings is 1. The number of aromatic hydroxyl groups is 1. The summed E-state index contributed by atoms with van der Waals surface area (Å²) >= 11 is 0. The molecule has 2 heterocycles. The SMILES string of the molecule is Cc1cc(=O)c2c(O)c3c(cc2o1)OC(C)(C)[C@H](C)C3. The zero-order chi connectivity index (χ0) is 14.7. The highest BCUT2D eigenvalue weighted by atomic mass is 16.5. The average Bonchev–Trinajstić information content (AvgIpc) is 2.30. The van der Waals surface area contributed by atoms with Gasteiger partial charge in [0.1, 0.15) is 33.8 Å². The normalized spacial score (nSPS) is 20.5. The fourth-order valence-corrected chi connectivity index (χ4v) is 2.67. The van der Waals surface area contributed by atoms with Gasteiger partial charge in [0.15, 0.2) is 5.43 Å². The van der Waals surface area contributed by atoms with E-state index in [0.29, 0.717) is 29.1 Å². The molecule has 106 valence electrons. The van der Waals surface area contributed by atoms with Crippen LogP contribution in [0.15, 0.2) is 21.3 Å². The van der Waals surface area contributed by atoms with E-state index in [1.54, 1.807) is 13.0 Å². The minimum atomic E-state index is -0.308. The van der Waals surface area contributed by atoms with Crippen LogP contribution >= 0.6 is 0 Å². The van der Waals surface area contributed by atoms with E-state index in [0.717, 1.165) is 0 Å². The molecule has 2 aromatic rings. The van der Waals surface area contributed by atoms with Gasteiger partial charge in [-0.05, 0) is 33.1 Å². The molecule has 20 heavy (non-hydrogen) atoms. The number of ether oxygens (including phenoxy) is 1. The molecular weight excluding hydrogens is 256 g/mol. The van der Waals surface area contributed by atoms with E-state index in [1.165, 1.54) is 6.07 Å². The second-order valence-electron chi connectivity index (χ2n) is 6.11. The third-order valence-electron chi connectivity index (χ3n) is 4.25. The molecule has 0 saturated heterocycles. The molecule has 0 aliphatic carbocycles. The van der Waals surface area contributed by atoms with Crippen LogP contribution in [-0.4, -0.2) is 10.7 Å². The molecule has 4 nitrogen and oxygen atoms in total. The summed E-state index contributed by atoms with van der Waals surface area (Å²) in [5.74, 6) is 1.36. The number of fused-ring (bicyclic) bond motifs is 2. The standard InChI is InChI=1S/C16H18O4/c1-8-5-10-12(20-16(8,3)4)7-13-14(15(10)18)11(17)6-9(2)19-13/h6-8,18H,5H2,1-4H3/t8-/m1/s1. The summed E-state index contributed by atoms with van der Waals surface area (Å²) in [4.78, 5) is 12.1. The quantitative estimate of drug-likeness (QED) is 0.801. The molecule has 1 aliphatic rings. The molecule has 3 rings (SSSR count). The Balaban J connectivity index is 2.34. The lowest BCUT2D eigenvalue weighted by Crippen LogP contribution is -2.40. The topological polar surface area (TPSA) is 59.7 Å². The Labute approximate surface area is 117 Å². The number of hydrogen-bond donors (Lipinski definition) is 1. The van der Waals surface area contributed by atoms with Crippen molar-refractivity contribution >= 4 is 11.0 Å². The molecule has 1 atom stereocenters. The van der Waals surface area contributed by atoms with Gasteiger partial charge in [-0.15, -0.1) is 0 Å². The van der Waals surface area contributed by atoms with E-state index >= 15 is 0 Å². The maximum Gasteiger partial charge on any atom is 0.196 e. The lowest BCUT2D eigenvalue weighted by atomic mass is 9.83. The maximum atomic E-state index is 12.1. The van der Waals surface area contributed by atoms with Crippen LogP contribution in [0.1, 0.15) is 32.1 Å². The van der Waals surface area contributed by atoms with Gasteiger partial charge in [-0.2, -0.15) is 0 Å². The minimum Gasteiger partial charge on any atom is -0.507 e. The molecule has 0 spiro atoms. The molecule has 1 aromatic carbocycles. The lowest BCUT2D eigenvalue weighted by molar-refractivity contribution is 0.0348. The van der Waals surface area contributed by atoms with Crippen molar-refractivity contribution in [2.45, 2.75) is 39.7 Å². The van der Waals surface area contributed by atoms with Crippen molar-refractivity contribution in [1.29, 1.82) is 0 Å². The van der Waals surface area contributed by atoms with Crippen molar-refractivity contribution in [1.82, 2.24) is 0 Å². The Bertz CT molecular complexity index is 755. The van der Waals surface area contributed by atoms with Crippen LogP contribution in [0.4, 0.5) is 0 Å². The summed E-state index contributed by atoms with van der Waals surface area (Å²) in [6.07, 6.45) is 0.678. The van der Waals surface area contributed by atoms with Crippen LogP contribution in [0.3, 0.4) is 0 Å². The van der Waals surface area contributed by atoms with Crippen LogP contribution in [0.5, 0.6) is 11.5 Å². The van der Waals surface area contributed by atoms with Crippen LogP contribution in [0.2, 0.25) is 0 Å². The van der Waals surface area contributed by atoms with Crippen LogP contribution < -0.4 is 10.2 Å². The van der Waals surface area contributed by atoms with Gasteiger partial charge in [0.2, 0.25) is 0 Å². The van der Waals surface area contributed by atoms with E-state index in [2.05, 4.69) is 6.92 Å². The number of aryl methyl sites for hydroxylation is 1. The molecular formula is C16H18O4. The van der Waals surface area contributed by atoms with Gasteiger partial charge in [0, 0.05) is 17.7 Å². The third kappa shape index (κ3) is 1.79. The predicted octanol–water partition coefficient (Wildman–Crippen LogP) is 3.16. The molecule has 1 aromatic heterocycles. The van der Waals surface area contributed by atoms with Gasteiger partial charge >= 0.3 is 0 Å². The Morgan fingerprint density at radius 3 is 2.75 bits per heavy atom. The highest BCUT2D eigenvalue weighted by Crippen LogP contribution is 2.43. The van der Waals surface area contributed by atoms with Crippen molar-refractivity contribution in [3.63, 3.8) is 0 Å². The lowest BCUT2D eigenvalue weighted by Gasteiger charge is -2.38. The summed E-state index contributed by atoms with van der Waals surface area (Å²) in [6, 6.07) is 3.11. The van der Waals surface area contributed by atoms with Crippen molar-refractivity contribution in [3.05, 3.63) is 33.7 Å². The first-order valence-electron chi connectivity index (χ1n) is 6.78. The van der Waals surface area contributed by atoms with Gasteiger partial charge < -0.3 is 14.3 Å². The molecule has 1 N–H and O–H groups in total. The maximum absolute atomic E-state index is 12.1. The first-order chi connectivity index (χ1) is 9.29. The number of hydrogen-bond acceptors (Lipinski definition) is 4.